The number of nitrogens with one attached hydrogen (secondary N) is 2. The van der Waals surface area contributed by atoms with Gasteiger partial charge in [-0.05, 0) is 249 Å². The minimum Gasteiger partial charge on any atom is -0.496 e. The van der Waals surface area contributed by atoms with Crippen molar-refractivity contribution < 1.29 is 99.3 Å². The van der Waals surface area contributed by atoms with Gasteiger partial charge in [0.05, 0.1) is 174 Å². The van der Waals surface area contributed by atoms with E-state index in [9.17, 15) is 28.8 Å². The summed E-state index contributed by atoms with van der Waals surface area (Å²) in [6, 6.07) is 53.6. The Hall–Kier alpha value is -7.87. The van der Waals surface area contributed by atoms with E-state index in [0.29, 0.717) is 55.0 Å². The summed E-state index contributed by atoms with van der Waals surface area (Å²) >= 11 is 0. The molecule has 0 spiro atoms. The monoisotopic (exact) mass is 2120 g/mol. The Morgan fingerprint density at radius 3 is 0.752 bits per heavy atom. The molecule has 0 unspecified atom stereocenters. The van der Waals surface area contributed by atoms with Crippen LogP contribution < -0.4 is 43.8 Å². The third kappa shape index (κ3) is 28.3. The van der Waals surface area contributed by atoms with Crippen molar-refractivity contribution in [2.75, 3.05) is 175 Å². The molecule has 820 valence electrons. The second-order valence-corrected chi connectivity index (χ2v) is 43.2. The number of nitrogens with zero attached hydrogens (tertiary/aromatic N) is 5. The molecule has 28 nitrogen and oxygen atoms in total. The Kier molecular flexibility index (Phi) is 44.2. The lowest BCUT2D eigenvalue weighted by atomic mass is 9.83. The number of halogens is 2. The molecule has 19 atom stereocenters. The SMILES string of the molecule is CCCN1C[C@@H](CO)O[C@@H]2Cc3c(cccc3OC)C[C@H]21.CCCN1C[C@@H](CO)O[C@H]2Cc3c(cccc3OC)C[C@@H]21.CCCN1C[C@H](CO)O[C@@H]2Cc3c(cccc3OC)C[C@H]21.CCCN1C[C@H](CO)O[C@H]2Cc3c(cccc3OC)C[C@@H]21.CCCN1C[C@H](COS(=O)(=O)c2ccc(C)cc2)O[C@@H]2Cc3c(cccc3OC)C[C@H]21.COc1cccc2c1C[C@@H]1OCCN[C@H]1C2.COc1cccc2c1C[C@H]1OCCN[C@@H]1C2.Cl.Cl. The number of hydrogen-bond donors (Lipinski definition) is 6. The van der Waals surface area contributed by atoms with Gasteiger partial charge in [-0.2, -0.15) is 8.42 Å². The molecule has 14 aliphatic rings. The molecule has 6 N–H and O–H groups in total. The molecular formula is C118H167Cl2N7O21S. The molecule has 8 aromatic rings. The number of aliphatic hydroxyl groups excluding tert-OH is 4. The van der Waals surface area contributed by atoms with Crippen molar-refractivity contribution in [2.24, 2.45) is 0 Å². The first-order chi connectivity index (χ1) is 71.7. The third-order valence-corrected chi connectivity index (χ3v) is 33.5. The number of benzene rings is 8. The van der Waals surface area contributed by atoms with Gasteiger partial charge in [-0.3, -0.25) is 28.7 Å². The van der Waals surface area contributed by atoms with Crippen molar-refractivity contribution in [3.63, 3.8) is 0 Å². The molecule has 0 aromatic heterocycles. The first-order valence-corrected chi connectivity index (χ1v) is 55.7. The summed E-state index contributed by atoms with van der Waals surface area (Å²) in [7, 11) is 8.26. The van der Waals surface area contributed by atoms with E-state index in [0.717, 1.165) is 253 Å². The Bertz CT molecular complexity index is 5190. The fourth-order valence-electron chi connectivity index (χ4n) is 25.2. The van der Waals surface area contributed by atoms with Gasteiger partial charge in [0.2, 0.25) is 0 Å². The van der Waals surface area contributed by atoms with Gasteiger partial charge >= 0.3 is 0 Å². The average Bonchev–Trinajstić information content (AvgIpc) is 0.892. The molecule has 7 heterocycles. The Morgan fingerprint density at radius 2 is 0.523 bits per heavy atom. The lowest BCUT2D eigenvalue weighted by Gasteiger charge is -2.47. The Labute approximate surface area is 897 Å². The zero-order chi connectivity index (χ0) is 103. The molecule has 7 saturated heterocycles. The van der Waals surface area contributed by atoms with Crippen LogP contribution in [0.4, 0.5) is 0 Å². The van der Waals surface area contributed by atoms with Gasteiger partial charge in [0.25, 0.3) is 10.1 Å². The minimum atomic E-state index is -3.81. The van der Waals surface area contributed by atoms with Gasteiger partial charge in [0.15, 0.2) is 0 Å². The quantitative estimate of drug-likeness (QED) is 0.0290. The fourth-order valence-corrected chi connectivity index (χ4v) is 26.2. The van der Waals surface area contributed by atoms with Crippen molar-refractivity contribution in [2.45, 2.75) is 284 Å². The van der Waals surface area contributed by atoms with Gasteiger partial charge < -0.3 is 97.4 Å². The van der Waals surface area contributed by atoms with Crippen LogP contribution in [0.3, 0.4) is 0 Å². The van der Waals surface area contributed by atoms with E-state index >= 15 is 0 Å². The topological polar surface area (TPSA) is 294 Å². The van der Waals surface area contributed by atoms with Crippen molar-refractivity contribution in [1.29, 1.82) is 0 Å². The number of hydrogen-bond acceptors (Lipinski definition) is 28. The van der Waals surface area contributed by atoms with Crippen LogP contribution >= 0.6 is 24.8 Å². The molecule has 8 aromatic carbocycles. The van der Waals surface area contributed by atoms with Crippen molar-refractivity contribution in [3.05, 3.63) is 235 Å². The van der Waals surface area contributed by atoms with E-state index in [1.807, 2.05) is 55.5 Å². The summed E-state index contributed by atoms with van der Waals surface area (Å²) in [6.07, 6.45) is 19.5. The van der Waals surface area contributed by atoms with Gasteiger partial charge in [0.1, 0.15) is 40.2 Å². The fraction of sp³-hybridized carbons (Fsp3) is 0.593. The molecule has 7 aliphatic carbocycles. The molecular weight excluding hydrogens is 1950 g/mol. The van der Waals surface area contributed by atoms with Crippen molar-refractivity contribution in [1.82, 2.24) is 35.1 Å². The summed E-state index contributed by atoms with van der Waals surface area (Å²) in [4.78, 5) is 12.6. The predicted octanol–water partition coefficient (Wildman–Crippen LogP) is 13.0. The maximum Gasteiger partial charge on any atom is 0.297 e. The Balaban J connectivity index is 0.000000138. The molecule has 149 heavy (non-hydrogen) atoms. The average molecular weight is 2120 g/mol. The highest BCUT2D eigenvalue weighted by atomic mass is 35.5. The summed E-state index contributed by atoms with van der Waals surface area (Å²) < 4.78 is 112. The first-order valence-electron chi connectivity index (χ1n) is 54.3. The second-order valence-electron chi connectivity index (χ2n) is 41.6. The zero-order valence-electron chi connectivity index (χ0n) is 90.0. The zero-order valence-corrected chi connectivity index (χ0v) is 92.4. The second kappa shape index (κ2) is 56.5. The van der Waals surface area contributed by atoms with Crippen LogP contribution in [0.1, 0.15) is 150 Å². The highest BCUT2D eigenvalue weighted by Gasteiger charge is 2.48. The maximum absolute atomic E-state index is 12.6. The molecule has 0 bridgehead atoms. The first kappa shape index (κ1) is 117. The smallest absolute Gasteiger partial charge is 0.297 e. The van der Waals surface area contributed by atoms with E-state index in [1.54, 1.807) is 74.0 Å². The normalized spacial score (nSPS) is 27.2. The summed E-state index contributed by atoms with van der Waals surface area (Å²) in [5, 5.41) is 45.0. The number of fused-ring (bicyclic) bond motifs is 14. The molecule has 7 aliphatic heterocycles. The highest BCUT2D eigenvalue weighted by molar-refractivity contribution is 7.86. The number of methoxy groups -OCH3 is 7. The molecule has 0 saturated carbocycles. The number of rotatable bonds is 25. The molecule has 31 heteroatoms. The standard InChI is InChI=1S/C24H31NO5S.4C17H25NO3.2C13H17NO2.2ClH/c1-4-12-25-15-19(16-29-31(26,27)20-10-8-17(2)9-11-20)30-24-14-21-18(13-22(24)25)6-5-7-23(21)28-3;4*1-3-7-18-10-13(11-19)21-17-9-14-12(8-15(17)18)5-4-6-16(14)20-2;2*1-15-12-4-2-3-9-7-11-13(8-10(9)12)16-6-5-14-11;;/h5-11,19,22,24H,4,12-16H2,1-3H3;4*4-6,13,15,17,19H,3,7-11H2,1-2H3;2*2-4,11,13-14H,5-8H2,1H3;2*1H/t19-,22-,24-;2*13-,15+,17+;2*13-,15-,17-;2*11-,13-;;/m1101010../s1. The summed E-state index contributed by atoms with van der Waals surface area (Å²) in [5.74, 6) is 6.74. The van der Waals surface area contributed by atoms with Crippen molar-refractivity contribution >= 4 is 34.9 Å². The van der Waals surface area contributed by atoms with E-state index in [2.05, 4.69) is 149 Å². The van der Waals surface area contributed by atoms with E-state index in [4.69, 9.17) is 70.5 Å². The van der Waals surface area contributed by atoms with Gasteiger partial charge in [0, 0.05) is 133 Å². The van der Waals surface area contributed by atoms with Gasteiger partial charge in [-0.1, -0.05) is 137 Å². The van der Waals surface area contributed by atoms with Crippen LogP contribution in [0.15, 0.2) is 157 Å². The summed E-state index contributed by atoms with van der Waals surface area (Å²) in [5.41, 5.74) is 19.6. The van der Waals surface area contributed by atoms with E-state index in [-0.39, 0.29) is 130 Å². The van der Waals surface area contributed by atoms with Crippen LogP contribution in [-0.4, -0.2) is 343 Å². The molecule has 0 radical (unpaired) electrons. The van der Waals surface area contributed by atoms with Gasteiger partial charge in [-0.25, -0.2) is 0 Å². The summed E-state index contributed by atoms with van der Waals surface area (Å²) in [6.45, 7) is 26.2. The highest BCUT2D eigenvalue weighted by Crippen LogP contribution is 2.44. The molecule has 0 amide bonds. The lowest BCUT2D eigenvalue weighted by Crippen LogP contribution is -2.59. The number of aryl methyl sites for hydroxylation is 1. The predicted molar refractivity (Wildman–Crippen MR) is 585 cm³/mol. The van der Waals surface area contributed by atoms with Crippen LogP contribution in [0, 0.1) is 6.92 Å². The Morgan fingerprint density at radius 1 is 0.302 bits per heavy atom. The van der Waals surface area contributed by atoms with Crippen molar-refractivity contribution in [3.8, 4) is 40.2 Å². The van der Waals surface area contributed by atoms with E-state index < -0.39 is 10.1 Å². The number of morpholine rings is 7. The lowest BCUT2D eigenvalue weighted by molar-refractivity contribution is -0.135. The van der Waals surface area contributed by atoms with E-state index in [1.165, 1.54) is 77.9 Å². The number of ether oxygens (including phenoxy) is 14. The van der Waals surface area contributed by atoms with Crippen LogP contribution in [0.5, 0.6) is 40.2 Å². The maximum atomic E-state index is 12.6. The van der Waals surface area contributed by atoms with Gasteiger partial charge in [-0.15, -0.1) is 24.8 Å². The van der Waals surface area contributed by atoms with Crippen LogP contribution in [0.2, 0.25) is 0 Å². The minimum absolute atomic E-state index is 0. The number of aliphatic hydroxyl groups is 4. The third-order valence-electron chi connectivity index (χ3n) is 32.2. The van der Waals surface area contributed by atoms with Crippen LogP contribution in [0.25, 0.3) is 0 Å². The largest absolute Gasteiger partial charge is 0.496 e. The molecule has 7 fully saturated rings. The van der Waals surface area contributed by atoms with Crippen LogP contribution in [-0.2, 0) is 137 Å². The molecule has 22 rings (SSSR count).